The molecule has 1 aliphatic carbocycles. The van der Waals surface area contributed by atoms with Crippen molar-refractivity contribution in [1.29, 1.82) is 0 Å². The van der Waals surface area contributed by atoms with E-state index in [-0.39, 0.29) is 18.6 Å². The Labute approximate surface area is 107 Å². The third kappa shape index (κ3) is 5.86. The molecule has 6 nitrogen and oxygen atoms in total. The molecule has 0 saturated heterocycles. The Morgan fingerprint density at radius 1 is 1.44 bits per heavy atom. The van der Waals surface area contributed by atoms with Gasteiger partial charge in [0.25, 0.3) is 0 Å². The Kier molecular flexibility index (Phi) is 5.91. The number of ether oxygens (including phenoxy) is 1. The molecule has 1 rings (SSSR count). The van der Waals surface area contributed by atoms with Crippen LogP contribution in [-0.2, 0) is 9.53 Å². The van der Waals surface area contributed by atoms with Gasteiger partial charge in [-0.1, -0.05) is 0 Å². The second kappa shape index (κ2) is 7.20. The molecule has 0 aromatic carbocycles. The Bertz CT molecular complexity index is 290. The summed E-state index contributed by atoms with van der Waals surface area (Å²) >= 11 is 0. The van der Waals surface area contributed by atoms with Gasteiger partial charge in [-0.15, -0.1) is 0 Å². The number of hydrogen-bond donors (Lipinski definition) is 2. The second-order valence-electron chi connectivity index (χ2n) is 4.87. The van der Waals surface area contributed by atoms with E-state index in [1.165, 1.54) is 17.7 Å². The summed E-state index contributed by atoms with van der Waals surface area (Å²) in [6.07, 6.45) is 2.48. The molecule has 1 saturated carbocycles. The molecule has 1 fully saturated rings. The summed E-state index contributed by atoms with van der Waals surface area (Å²) in [6.45, 7) is 4.93. The van der Waals surface area contributed by atoms with Gasteiger partial charge in [0.15, 0.2) is 0 Å². The molecule has 6 heteroatoms. The lowest BCUT2D eigenvalue weighted by atomic mass is 10.3. The van der Waals surface area contributed by atoms with Crippen molar-refractivity contribution in [2.45, 2.75) is 32.7 Å². The normalized spacial score (nSPS) is 14.6. The van der Waals surface area contributed by atoms with E-state index in [0.717, 1.165) is 6.61 Å². The summed E-state index contributed by atoms with van der Waals surface area (Å²) in [6, 6.07) is -0.504. The van der Waals surface area contributed by atoms with Crippen LogP contribution in [0, 0.1) is 5.92 Å². The maximum Gasteiger partial charge on any atom is 0.323 e. The zero-order chi connectivity index (χ0) is 13.5. The van der Waals surface area contributed by atoms with Crippen LogP contribution < -0.4 is 5.32 Å². The summed E-state index contributed by atoms with van der Waals surface area (Å²) in [5.41, 5.74) is 0. The molecule has 0 heterocycles. The third-order valence-electron chi connectivity index (χ3n) is 2.76. The lowest BCUT2D eigenvalue weighted by molar-refractivity contribution is -0.138. The van der Waals surface area contributed by atoms with Crippen molar-refractivity contribution >= 4 is 12.0 Å². The van der Waals surface area contributed by atoms with E-state index in [1.54, 1.807) is 13.8 Å². The number of nitrogens with one attached hydrogen (secondary N) is 1. The van der Waals surface area contributed by atoms with E-state index in [2.05, 4.69) is 5.32 Å². The van der Waals surface area contributed by atoms with E-state index < -0.39 is 5.97 Å². The first-order valence-electron chi connectivity index (χ1n) is 6.34. The summed E-state index contributed by atoms with van der Waals surface area (Å²) in [4.78, 5) is 23.6. The predicted octanol–water partition coefficient (Wildman–Crippen LogP) is 0.918. The summed E-state index contributed by atoms with van der Waals surface area (Å²) < 4.78 is 5.38. The van der Waals surface area contributed by atoms with E-state index in [4.69, 9.17) is 9.84 Å². The number of carboxylic acids is 1. The third-order valence-corrected chi connectivity index (χ3v) is 2.76. The van der Waals surface area contributed by atoms with Gasteiger partial charge >= 0.3 is 12.0 Å². The topological polar surface area (TPSA) is 78.9 Å². The number of nitrogens with zero attached hydrogens (tertiary/aromatic N) is 1. The van der Waals surface area contributed by atoms with Gasteiger partial charge in [0.05, 0.1) is 6.61 Å². The van der Waals surface area contributed by atoms with Gasteiger partial charge in [-0.3, -0.25) is 4.79 Å². The van der Waals surface area contributed by atoms with E-state index in [1.807, 2.05) is 0 Å². The van der Waals surface area contributed by atoms with Crippen molar-refractivity contribution < 1.29 is 19.4 Å². The summed E-state index contributed by atoms with van der Waals surface area (Å²) in [7, 11) is 0. The average Bonchev–Trinajstić information content (AvgIpc) is 3.08. The molecular formula is C12H22N2O4. The highest BCUT2D eigenvalue weighted by molar-refractivity contribution is 5.80. The number of hydrogen-bond acceptors (Lipinski definition) is 3. The lowest BCUT2D eigenvalue weighted by Gasteiger charge is -2.25. The number of carbonyl (C=O) groups is 2. The molecule has 0 aromatic heterocycles. The van der Waals surface area contributed by atoms with E-state index in [9.17, 15) is 9.59 Å². The van der Waals surface area contributed by atoms with Crippen LogP contribution in [0.4, 0.5) is 4.79 Å². The zero-order valence-corrected chi connectivity index (χ0v) is 11.0. The summed E-state index contributed by atoms with van der Waals surface area (Å²) in [5, 5.41) is 11.4. The predicted molar refractivity (Wildman–Crippen MR) is 66.4 cm³/mol. The fraction of sp³-hybridized carbons (Fsp3) is 0.833. The van der Waals surface area contributed by atoms with Crippen molar-refractivity contribution in [3.63, 3.8) is 0 Å². The minimum absolute atomic E-state index is 0.145. The number of carboxylic acid groups (broad SMARTS) is 1. The minimum atomic E-state index is -1.01. The number of amides is 2. The van der Waals surface area contributed by atoms with Gasteiger partial charge in [0, 0.05) is 19.2 Å². The van der Waals surface area contributed by atoms with Gasteiger partial charge in [-0.05, 0) is 32.6 Å². The van der Waals surface area contributed by atoms with Crippen LogP contribution in [0.25, 0.3) is 0 Å². The van der Waals surface area contributed by atoms with Crippen molar-refractivity contribution in [2.24, 2.45) is 5.92 Å². The van der Waals surface area contributed by atoms with Crippen molar-refractivity contribution in [1.82, 2.24) is 10.2 Å². The van der Waals surface area contributed by atoms with Crippen molar-refractivity contribution in [3.8, 4) is 0 Å². The highest BCUT2D eigenvalue weighted by Gasteiger charge is 2.21. The zero-order valence-electron chi connectivity index (χ0n) is 11.0. The first-order valence-corrected chi connectivity index (χ1v) is 6.34. The van der Waals surface area contributed by atoms with Crippen LogP contribution in [-0.4, -0.2) is 54.4 Å². The molecule has 0 bridgehead atoms. The average molecular weight is 258 g/mol. The standard InChI is InChI=1S/C12H22N2O4/c1-9(2)14(7-11(15)16)12(17)13-5-6-18-8-10-3-4-10/h9-10H,3-8H2,1-2H3,(H,13,17)(H,15,16). The largest absolute Gasteiger partial charge is 0.480 e. The first-order chi connectivity index (χ1) is 8.50. The molecule has 1 aliphatic rings. The monoisotopic (exact) mass is 258 g/mol. The molecule has 0 aromatic rings. The quantitative estimate of drug-likeness (QED) is 0.634. The Hall–Kier alpha value is -1.30. The first kappa shape index (κ1) is 14.8. The molecule has 0 radical (unpaired) electrons. The molecule has 0 spiro atoms. The van der Waals surface area contributed by atoms with Crippen LogP contribution >= 0.6 is 0 Å². The number of carbonyl (C=O) groups excluding carboxylic acids is 1. The van der Waals surface area contributed by atoms with E-state index >= 15 is 0 Å². The number of urea groups is 1. The van der Waals surface area contributed by atoms with Gasteiger partial charge in [-0.25, -0.2) is 4.79 Å². The fourth-order valence-electron chi connectivity index (χ4n) is 1.50. The molecule has 104 valence electrons. The Balaban J connectivity index is 2.16. The van der Waals surface area contributed by atoms with Gasteiger partial charge < -0.3 is 20.1 Å². The van der Waals surface area contributed by atoms with Gasteiger partial charge in [0.1, 0.15) is 6.54 Å². The van der Waals surface area contributed by atoms with Crippen LogP contribution in [0.3, 0.4) is 0 Å². The summed E-state index contributed by atoms with van der Waals surface area (Å²) in [5.74, 6) is -0.302. The van der Waals surface area contributed by atoms with Crippen molar-refractivity contribution in [2.75, 3.05) is 26.3 Å². The van der Waals surface area contributed by atoms with Gasteiger partial charge in [0.2, 0.25) is 0 Å². The molecule has 18 heavy (non-hydrogen) atoms. The molecular weight excluding hydrogens is 236 g/mol. The SMILES string of the molecule is CC(C)N(CC(=O)O)C(=O)NCCOCC1CC1. The molecule has 0 atom stereocenters. The van der Waals surface area contributed by atoms with E-state index in [0.29, 0.717) is 19.1 Å². The second-order valence-corrected chi connectivity index (χ2v) is 4.87. The fourth-order valence-corrected chi connectivity index (χ4v) is 1.50. The highest BCUT2D eigenvalue weighted by Crippen LogP contribution is 2.28. The van der Waals surface area contributed by atoms with Crippen LogP contribution in [0.15, 0.2) is 0 Å². The molecule has 0 unspecified atom stereocenters. The van der Waals surface area contributed by atoms with Crippen LogP contribution in [0.2, 0.25) is 0 Å². The highest BCUT2D eigenvalue weighted by atomic mass is 16.5. The molecule has 2 N–H and O–H groups in total. The van der Waals surface area contributed by atoms with Crippen LogP contribution in [0.5, 0.6) is 0 Å². The lowest BCUT2D eigenvalue weighted by Crippen LogP contribution is -2.47. The smallest absolute Gasteiger partial charge is 0.323 e. The number of aliphatic carboxylic acids is 1. The number of rotatable bonds is 8. The molecule has 0 aliphatic heterocycles. The van der Waals surface area contributed by atoms with Crippen molar-refractivity contribution in [3.05, 3.63) is 0 Å². The minimum Gasteiger partial charge on any atom is -0.480 e. The molecule has 2 amide bonds. The maximum absolute atomic E-state index is 11.7. The van der Waals surface area contributed by atoms with Gasteiger partial charge in [-0.2, -0.15) is 0 Å². The Morgan fingerprint density at radius 2 is 2.11 bits per heavy atom. The van der Waals surface area contributed by atoms with Crippen LogP contribution in [0.1, 0.15) is 26.7 Å². The Morgan fingerprint density at radius 3 is 2.61 bits per heavy atom. The maximum atomic E-state index is 11.7.